The molecule has 3 fully saturated rings. The quantitative estimate of drug-likeness (QED) is 0.742. The Morgan fingerprint density at radius 3 is 2.41 bits per heavy atom. The number of nitrogens with zero attached hydrogens (tertiary/aromatic N) is 4. The maximum atomic E-state index is 13.8. The maximum absolute atomic E-state index is 13.8. The highest BCUT2D eigenvalue weighted by molar-refractivity contribution is 5.58. The van der Waals surface area contributed by atoms with Crippen LogP contribution < -0.4 is 14.7 Å². The summed E-state index contributed by atoms with van der Waals surface area (Å²) in [5.74, 6) is 0.964. The van der Waals surface area contributed by atoms with Crippen LogP contribution in [0, 0.1) is 5.82 Å². The molecular formula is C24H31FN4. The standard InChI is InChI=1S/C24H31FN4/c25-19-7-5-8-21(17-19)28-15-6-9-22-23(28)11-16-29(22)24-18-20(10-12-26-24)27-13-3-1-2-4-14-27/h5,7-8,10,12,17-18,22-23H,1-4,6,9,11,13-16H2/t22-,23-/m1/s1. The van der Waals surface area contributed by atoms with Gasteiger partial charge in [0, 0.05) is 49.8 Å². The summed E-state index contributed by atoms with van der Waals surface area (Å²) in [5, 5.41) is 0. The van der Waals surface area contributed by atoms with E-state index in [-0.39, 0.29) is 5.82 Å². The summed E-state index contributed by atoms with van der Waals surface area (Å²) < 4.78 is 13.8. The minimum atomic E-state index is -0.147. The van der Waals surface area contributed by atoms with E-state index in [1.807, 2.05) is 18.3 Å². The molecule has 3 aliphatic rings. The van der Waals surface area contributed by atoms with Crippen molar-refractivity contribution in [2.45, 2.75) is 57.0 Å². The highest BCUT2D eigenvalue weighted by atomic mass is 19.1. The summed E-state index contributed by atoms with van der Waals surface area (Å²) in [7, 11) is 0. The molecule has 0 N–H and O–H groups in total. The van der Waals surface area contributed by atoms with E-state index in [1.54, 1.807) is 6.07 Å². The summed E-state index contributed by atoms with van der Waals surface area (Å²) in [6.45, 7) is 4.35. The van der Waals surface area contributed by atoms with Crippen molar-refractivity contribution < 1.29 is 4.39 Å². The van der Waals surface area contributed by atoms with Crippen molar-refractivity contribution in [3.63, 3.8) is 0 Å². The number of anilines is 3. The molecule has 1 aromatic carbocycles. The highest BCUT2D eigenvalue weighted by Crippen LogP contribution is 2.37. The van der Waals surface area contributed by atoms with Gasteiger partial charge in [-0.2, -0.15) is 0 Å². The number of hydrogen-bond donors (Lipinski definition) is 0. The van der Waals surface area contributed by atoms with E-state index in [4.69, 9.17) is 4.98 Å². The minimum absolute atomic E-state index is 0.147. The highest BCUT2D eigenvalue weighted by Gasteiger charge is 2.41. The molecule has 0 spiro atoms. The molecule has 3 aliphatic heterocycles. The van der Waals surface area contributed by atoms with Crippen LogP contribution in [0.1, 0.15) is 44.9 Å². The van der Waals surface area contributed by atoms with Crippen LogP contribution in [0.4, 0.5) is 21.6 Å². The zero-order valence-electron chi connectivity index (χ0n) is 17.1. The topological polar surface area (TPSA) is 22.6 Å². The van der Waals surface area contributed by atoms with Gasteiger partial charge in [0.05, 0.1) is 12.1 Å². The van der Waals surface area contributed by atoms with Crippen molar-refractivity contribution in [2.75, 3.05) is 40.9 Å². The molecule has 0 amide bonds. The number of benzene rings is 1. The molecule has 2 aromatic rings. The molecule has 0 bridgehead atoms. The van der Waals surface area contributed by atoms with E-state index in [1.165, 1.54) is 43.9 Å². The number of piperidine rings is 1. The largest absolute Gasteiger partial charge is 0.371 e. The van der Waals surface area contributed by atoms with Gasteiger partial charge in [-0.3, -0.25) is 0 Å². The number of pyridine rings is 1. The Balaban J connectivity index is 1.37. The second-order valence-corrected chi connectivity index (χ2v) is 8.71. The van der Waals surface area contributed by atoms with Crippen molar-refractivity contribution in [3.8, 4) is 0 Å². The number of fused-ring (bicyclic) bond motifs is 1. The van der Waals surface area contributed by atoms with Gasteiger partial charge in [0.15, 0.2) is 0 Å². The van der Waals surface area contributed by atoms with Gasteiger partial charge in [0.1, 0.15) is 11.6 Å². The summed E-state index contributed by atoms with van der Waals surface area (Å²) in [4.78, 5) is 12.2. The smallest absolute Gasteiger partial charge is 0.130 e. The van der Waals surface area contributed by atoms with E-state index in [9.17, 15) is 4.39 Å². The lowest BCUT2D eigenvalue weighted by Gasteiger charge is -2.41. The van der Waals surface area contributed by atoms with Crippen molar-refractivity contribution in [1.29, 1.82) is 0 Å². The Morgan fingerprint density at radius 1 is 0.759 bits per heavy atom. The summed E-state index contributed by atoms with van der Waals surface area (Å²) in [6, 6.07) is 12.5. The molecule has 29 heavy (non-hydrogen) atoms. The average molecular weight is 395 g/mol. The third-order valence-electron chi connectivity index (χ3n) is 6.94. The zero-order valence-corrected chi connectivity index (χ0v) is 17.1. The lowest BCUT2D eigenvalue weighted by atomic mass is 9.96. The van der Waals surface area contributed by atoms with Crippen molar-refractivity contribution in [3.05, 3.63) is 48.4 Å². The van der Waals surface area contributed by atoms with Gasteiger partial charge in [-0.1, -0.05) is 18.9 Å². The molecule has 2 atom stereocenters. The van der Waals surface area contributed by atoms with Gasteiger partial charge in [0.25, 0.3) is 0 Å². The average Bonchev–Trinajstić information content (AvgIpc) is 3.00. The first kappa shape index (κ1) is 18.7. The number of rotatable bonds is 3. The molecule has 4 heterocycles. The van der Waals surface area contributed by atoms with Gasteiger partial charge < -0.3 is 14.7 Å². The van der Waals surface area contributed by atoms with Crippen LogP contribution >= 0.6 is 0 Å². The molecule has 5 rings (SSSR count). The lowest BCUT2D eigenvalue weighted by molar-refractivity contribution is 0.432. The Kier molecular flexibility index (Phi) is 5.30. The van der Waals surface area contributed by atoms with Crippen LogP contribution in [-0.2, 0) is 0 Å². The van der Waals surface area contributed by atoms with Crippen LogP contribution in [0.5, 0.6) is 0 Å². The van der Waals surface area contributed by atoms with Crippen molar-refractivity contribution in [1.82, 2.24) is 4.98 Å². The van der Waals surface area contributed by atoms with Gasteiger partial charge in [-0.05, 0) is 56.4 Å². The van der Waals surface area contributed by atoms with Crippen LogP contribution in [-0.4, -0.2) is 43.2 Å². The second kappa shape index (κ2) is 8.21. The Bertz CT molecular complexity index is 833. The first-order valence-corrected chi connectivity index (χ1v) is 11.3. The van der Waals surface area contributed by atoms with Crippen LogP contribution in [0.15, 0.2) is 42.6 Å². The summed E-state index contributed by atoms with van der Waals surface area (Å²) in [6.07, 6.45) is 10.7. The molecular weight excluding hydrogens is 363 g/mol. The molecule has 1 aromatic heterocycles. The monoisotopic (exact) mass is 394 g/mol. The Morgan fingerprint density at radius 2 is 1.59 bits per heavy atom. The Labute approximate surface area is 173 Å². The predicted octanol–water partition coefficient (Wildman–Crippen LogP) is 4.85. The van der Waals surface area contributed by atoms with Crippen LogP contribution in [0.3, 0.4) is 0 Å². The maximum Gasteiger partial charge on any atom is 0.130 e. The van der Waals surface area contributed by atoms with Gasteiger partial charge >= 0.3 is 0 Å². The van der Waals surface area contributed by atoms with Gasteiger partial charge in [-0.15, -0.1) is 0 Å². The van der Waals surface area contributed by atoms with E-state index in [0.29, 0.717) is 12.1 Å². The fourth-order valence-electron chi connectivity index (χ4n) is 5.54. The molecule has 0 saturated carbocycles. The fraction of sp³-hybridized carbons (Fsp3) is 0.542. The summed E-state index contributed by atoms with van der Waals surface area (Å²) >= 11 is 0. The first-order chi connectivity index (χ1) is 14.3. The minimum Gasteiger partial charge on any atom is -0.371 e. The normalized spacial score (nSPS) is 25.1. The number of aromatic nitrogens is 1. The van der Waals surface area contributed by atoms with Crippen molar-refractivity contribution in [2.24, 2.45) is 0 Å². The molecule has 4 nitrogen and oxygen atoms in total. The third-order valence-corrected chi connectivity index (χ3v) is 6.94. The summed E-state index contributed by atoms with van der Waals surface area (Å²) in [5.41, 5.74) is 2.34. The zero-order chi connectivity index (χ0) is 19.6. The second-order valence-electron chi connectivity index (χ2n) is 8.71. The molecule has 0 radical (unpaired) electrons. The molecule has 3 saturated heterocycles. The van der Waals surface area contributed by atoms with E-state index in [2.05, 4.69) is 26.8 Å². The fourth-order valence-corrected chi connectivity index (χ4v) is 5.54. The number of halogens is 1. The molecule has 0 aliphatic carbocycles. The lowest BCUT2D eigenvalue weighted by Crippen LogP contribution is -2.50. The SMILES string of the molecule is Fc1cccc(N2CCC[C@@H]3[C@H]2CCN3c2cc(N3CCCCCC3)ccn2)c1. The van der Waals surface area contributed by atoms with Crippen LogP contribution in [0.2, 0.25) is 0 Å². The predicted molar refractivity (Wildman–Crippen MR) is 117 cm³/mol. The van der Waals surface area contributed by atoms with Gasteiger partial charge in [-0.25, -0.2) is 9.37 Å². The number of hydrogen-bond acceptors (Lipinski definition) is 4. The molecule has 154 valence electrons. The molecule has 0 unspecified atom stereocenters. The third kappa shape index (κ3) is 3.79. The van der Waals surface area contributed by atoms with Gasteiger partial charge in [0.2, 0.25) is 0 Å². The van der Waals surface area contributed by atoms with Crippen LogP contribution in [0.25, 0.3) is 0 Å². The van der Waals surface area contributed by atoms with Crippen molar-refractivity contribution >= 4 is 17.2 Å². The van der Waals surface area contributed by atoms with E-state index >= 15 is 0 Å². The molecule has 5 heteroatoms. The van der Waals surface area contributed by atoms with E-state index < -0.39 is 0 Å². The first-order valence-electron chi connectivity index (χ1n) is 11.3. The van der Waals surface area contributed by atoms with E-state index in [0.717, 1.165) is 50.5 Å². The Hall–Kier alpha value is -2.30.